The lowest BCUT2D eigenvalue weighted by atomic mass is 9.89. The summed E-state index contributed by atoms with van der Waals surface area (Å²) in [5.74, 6) is -0.0131. The van der Waals surface area contributed by atoms with Gasteiger partial charge in [0.25, 0.3) is 0 Å². The van der Waals surface area contributed by atoms with E-state index in [-0.39, 0.29) is 17.8 Å². The Balaban J connectivity index is 1.54. The first-order chi connectivity index (χ1) is 15.5. The molecule has 1 atom stereocenters. The van der Waals surface area contributed by atoms with Crippen molar-refractivity contribution in [1.29, 1.82) is 0 Å². The number of benzene rings is 1. The van der Waals surface area contributed by atoms with Crippen LogP contribution >= 0.6 is 0 Å². The first-order valence-electron chi connectivity index (χ1n) is 11.5. The second-order valence-electron chi connectivity index (χ2n) is 8.84. The summed E-state index contributed by atoms with van der Waals surface area (Å²) in [6.07, 6.45) is 8.40. The predicted octanol–water partition coefficient (Wildman–Crippen LogP) is 2.41. The molecule has 0 aliphatic carbocycles. The Morgan fingerprint density at radius 2 is 1.84 bits per heavy atom. The molecule has 32 heavy (non-hydrogen) atoms. The highest BCUT2D eigenvalue weighted by molar-refractivity contribution is 5.94. The minimum Gasteiger partial charge on any atom is -0.368 e. The molecule has 1 aromatic heterocycles. The van der Waals surface area contributed by atoms with Gasteiger partial charge >= 0.3 is 0 Å². The van der Waals surface area contributed by atoms with Crippen molar-refractivity contribution < 1.29 is 9.59 Å². The van der Waals surface area contributed by atoms with E-state index in [0.29, 0.717) is 18.7 Å². The van der Waals surface area contributed by atoms with Crippen LogP contribution in [-0.4, -0.2) is 64.3 Å². The highest BCUT2D eigenvalue weighted by Crippen LogP contribution is 2.33. The second-order valence-corrected chi connectivity index (χ2v) is 8.84. The summed E-state index contributed by atoms with van der Waals surface area (Å²) >= 11 is 0. The molecule has 0 unspecified atom stereocenters. The number of aromatic nitrogens is 2. The maximum atomic E-state index is 13.1. The van der Waals surface area contributed by atoms with E-state index >= 15 is 0 Å². The highest BCUT2D eigenvalue weighted by Gasteiger charge is 2.29. The van der Waals surface area contributed by atoms with Gasteiger partial charge in [0, 0.05) is 36.3 Å². The van der Waals surface area contributed by atoms with Crippen molar-refractivity contribution in [3.05, 3.63) is 41.7 Å². The average molecular weight is 437 g/mol. The van der Waals surface area contributed by atoms with Gasteiger partial charge in [-0.2, -0.15) is 0 Å². The Hall–Kier alpha value is -3.00. The molecule has 2 fully saturated rings. The Bertz CT molecular complexity index is 971. The maximum Gasteiger partial charge on any atom is 0.248 e. The number of primary amides is 1. The van der Waals surface area contributed by atoms with Crippen LogP contribution in [0.15, 0.2) is 30.5 Å². The molecule has 0 bridgehead atoms. The molecule has 4 N–H and O–H groups in total. The van der Waals surface area contributed by atoms with Crippen molar-refractivity contribution in [2.45, 2.75) is 44.4 Å². The molecule has 3 heterocycles. The fraction of sp³-hybridized carbons (Fsp3) is 0.500. The summed E-state index contributed by atoms with van der Waals surface area (Å²) in [7, 11) is 0. The predicted molar refractivity (Wildman–Crippen MR) is 124 cm³/mol. The summed E-state index contributed by atoms with van der Waals surface area (Å²) in [5, 5.41) is 0. The van der Waals surface area contributed by atoms with Crippen molar-refractivity contribution in [2.24, 2.45) is 5.73 Å². The summed E-state index contributed by atoms with van der Waals surface area (Å²) in [6.45, 7) is 3.89. The van der Waals surface area contributed by atoms with Crippen LogP contribution in [0.2, 0.25) is 0 Å². The van der Waals surface area contributed by atoms with E-state index in [2.05, 4.69) is 14.9 Å². The van der Waals surface area contributed by atoms with E-state index < -0.39 is 5.91 Å². The minimum atomic E-state index is -0.479. The number of carbonyl (C=O) groups is 2. The van der Waals surface area contributed by atoms with Crippen molar-refractivity contribution in [3.8, 4) is 11.1 Å². The van der Waals surface area contributed by atoms with Gasteiger partial charge in [-0.15, -0.1) is 0 Å². The van der Waals surface area contributed by atoms with Gasteiger partial charge < -0.3 is 16.4 Å². The number of anilines is 1. The Morgan fingerprint density at radius 1 is 1.06 bits per heavy atom. The van der Waals surface area contributed by atoms with E-state index in [9.17, 15) is 9.59 Å². The second kappa shape index (κ2) is 10.1. The smallest absolute Gasteiger partial charge is 0.248 e. The molecule has 2 saturated heterocycles. The summed E-state index contributed by atoms with van der Waals surface area (Å²) in [4.78, 5) is 37.8. The van der Waals surface area contributed by atoms with Crippen LogP contribution in [0.4, 0.5) is 5.95 Å². The van der Waals surface area contributed by atoms with Gasteiger partial charge in [-0.05, 0) is 56.5 Å². The first kappa shape index (κ1) is 22.2. The standard InChI is InChI=1S/C24H32N6O2/c25-23(32)18-8-5-7-17(13-18)20-14-27-24(26)28-22(20)19-9-6-12-30(15-19)21(31)16-29-10-3-1-2-4-11-29/h5,7-8,13-14,19H,1-4,6,9-12,15-16H2,(H2,25,32)(H2,26,27,28)/t19-/m0/s1. The molecule has 4 rings (SSSR count). The number of carbonyl (C=O) groups excluding carboxylic acids is 2. The van der Waals surface area contributed by atoms with Crippen molar-refractivity contribution >= 4 is 17.8 Å². The monoisotopic (exact) mass is 436 g/mol. The van der Waals surface area contributed by atoms with Crippen LogP contribution in [0.25, 0.3) is 11.1 Å². The largest absolute Gasteiger partial charge is 0.368 e. The summed E-state index contributed by atoms with van der Waals surface area (Å²) < 4.78 is 0. The molecule has 2 aliphatic rings. The molecule has 2 aliphatic heterocycles. The van der Waals surface area contributed by atoms with Crippen LogP contribution in [0.3, 0.4) is 0 Å². The lowest BCUT2D eigenvalue weighted by Gasteiger charge is -2.34. The lowest BCUT2D eigenvalue weighted by molar-refractivity contribution is -0.133. The molecule has 2 amide bonds. The zero-order valence-corrected chi connectivity index (χ0v) is 18.5. The molecule has 170 valence electrons. The molecule has 8 heteroatoms. The quantitative estimate of drug-likeness (QED) is 0.743. The third-order valence-electron chi connectivity index (χ3n) is 6.51. The molecule has 0 spiro atoms. The van der Waals surface area contributed by atoms with Crippen molar-refractivity contribution in [1.82, 2.24) is 19.8 Å². The zero-order valence-electron chi connectivity index (χ0n) is 18.5. The van der Waals surface area contributed by atoms with E-state index in [1.165, 1.54) is 25.7 Å². The fourth-order valence-electron chi connectivity index (χ4n) is 4.80. The molecule has 1 aromatic carbocycles. The number of nitrogens with zero attached hydrogens (tertiary/aromatic N) is 4. The first-order valence-corrected chi connectivity index (χ1v) is 11.5. The molecular formula is C24H32N6O2. The van der Waals surface area contributed by atoms with Crippen LogP contribution < -0.4 is 11.5 Å². The number of amides is 2. The van der Waals surface area contributed by atoms with Gasteiger partial charge in [0.05, 0.1) is 12.2 Å². The Morgan fingerprint density at radius 3 is 2.59 bits per heavy atom. The number of nitrogens with two attached hydrogens (primary N) is 2. The molecular weight excluding hydrogens is 404 g/mol. The van der Waals surface area contributed by atoms with Gasteiger partial charge in [-0.25, -0.2) is 9.97 Å². The SMILES string of the molecule is NC(=O)c1cccc(-c2cnc(N)nc2[C@H]2CCCN(C(=O)CN3CCCCCC3)C2)c1. The summed E-state index contributed by atoms with van der Waals surface area (Å²) in [6, 6.07) is 7.16. The van der Waals surface area contributed by atoms with Gasteiger partial charge in [-0.1, -0.05) is 25.0 Å². The van der Waals surface area contributed by atoms with Crippen LogP contribution in [0, 0.1) is 0 Å². The van der Waals surface area contributed by atoms with Gasteiger partial charge in [-0.3, -0.25) is 14.5 Å². The van der Waals surface area contributed by atoms with Crippen molar-refractivity contribution in [2.75, 3.05) is 38.5 Å². The molecule has 8 nitrogen and oxygen atoms in total. The lowest BCUT2D eigenvalue weighted by Crippen LogP contribution is -2.45. The third-order valence-corrected chi connectivity index (χ3v) is 6.51. The normalized spacial score (nSPS) is 20.0. The summed E-state index contributed by atoms with van der Waals surface area (Å²) in [5.41, 5.74) is 14.3. The van der Waals surface area contributed by atoms with E-state index in [0.717, 1.165) is 49.3 Å². The van der Waals surface area contributed by atoms with Gasteiger partial charge in [0.15, 0.2) is 0 Å². The number of hydrogen-bond donors (Lipinski definition) is 2. The molecule has 0 radical (unpaired) electrons. The van der Waals surface area contributed by atoms with E-state index in [4.69, 9.17) is 11.5 Å². The maximum absolute atomic E-state index is 13.1. The van der Waals surface area contributed by atoms with E-state index in [1.54, 1.807) is 24.4 Å². The number of likely N-dealkylation sites (tertiary alicyclic amines) is 2. The number of piperidine rings is 1. The third kappa shape index (κ3) is 5.24. The average Bonchev–Trinajstić information content (AvgIpc) is 3.08. The number of rotatable bonds is 5. The topological polar surface area (TPSA) is 118 Å². The van der Waals surface area contributed by atoms with E-state index in [1.807, 2.05) is 11.0 Å². The zero-order chi connectivity index (χ0) is 22.5. The molecule has 2 aromatic rings. The Kier molecular flexibility index (Phi) is 6.99. The minimum absolute atomic E-state index is 0.0642. The van der Waals surface area contributed by atoms with Gasteiger partial charge in [0.1, 0.15) is 0 Å². The molecule has 0 saturated carbocycles. The fourth-order valence-corrected chi connectivity index (χ4v) is 4.80. The van der Waals surface area contributed by atoms with Gasteiger partial charge in [0.2, 0.25) is 17.8 Å². The Labute approximate surface area is 189 Å². The van der Waals surface area contributed by atoms with Crippen LogP contribution in [-0.2, 0) is 4.79 Å². The highest BCUT2D eigenvalue weighted by atomic mass is 16.2. The number of nitrogen functional groups attached to an aromatic ring is 1. The van der Waals surface area contributed by atoms with Crippen LogP contribution in [0.5, 0.6) is 0 Å². The van der Waals surface area contributed by atoms with Crippen molar-refractivity contribution in [3.63, 3.8) is 0 Å². The number of hydrogen-bond acceptors (Lipinski definition) is 6. The van der Waals surface area contributed by atoms with Crippen LogP contribution in [0.1, 0.15) is 60.5 Å².